The number of rotatable bonds is 4. The number of phenols is 2. The molecule has 0 bridgehead atoms. The highest BCUT2D eigenvalue weighted by Crippen LogP contribution is 2.57. The Bertz CT molecular complexity index is 1500. The molecule has 3 N–H and O–H groups in total. The standard InChI is InChI=1S/C30H30N2O7/c1-15-25(35)23(17(3)33)27-24(26(15)36)30(4)21(39-27)14-20(34)22(28(30)37)16(2)31-19-10-12-32(13-11-19)29(38)18-8-6-5-7-9-18/h5-9,14,19,31,35-36H,10-13H2,1-4H3/t30-/m0/s1. The summed E-state index contributed by atoms with van der Waals surface area (Å²) >= 11 is 0. The van der Waals surface area contributed by atoms with Gasteiger partial charge in [0.1, 0.15) is 34.0 Å². The maximum atomic E-state index is 14.0. The number of amides is 1. The maximum absolute atomic E-state index is 14.0. The normalized spacial score (nSPS) is 22.1. The van der Waals surface area contributed by atoms with Crippen LogP contribution in [0.5, 0.6) is 17.2 Å². The lowest BCUT2D eigenvalue weighted by Gasteiger charge is -2.34. The molecule has 2 heterocycles. The molecule has 9 nitrogen and oxygen atoms in total. The van der Waals surface area contributed by atoms with Crippen LogP contribution in [0.25, 0.3) is 0 Å². The summed E-state index contributed by atoms with van der Waals surface area (Å²) in [4.78, 5) is 54.0. The Hall–Kier alpha value is -4.40. The Balaban J connectivity index is 1.42. The molecule has 9 heteroatoms. The molecule has 0 radical (unpaired) electrons. The van der Waals surface area contributed by atoms with Gasteiger partial charge >= 0.3 is 0 Å². The fourth-order valence-electron chi connectivity index (χ4n) is 5.73. The Morgan fingerprint density at radius 2 is 1.69 bits per heavy atom. The number of hydrogen-bond acceptors (Lipinski definition) is 8. The molecule has 202 valence electrons. The summed E-state index contributed by atoms with van der Waals surface area (Å²) in [6.07, 6.45) is 2.48. The SMILES string of the molecule is CC(=O)c1c(O)c(C)c(O)c2c1OC1=CC(=O)C(=C(C)NC3CCN(C(=O)c4ccccc4)CC3)C(=O)[C@@]12C. The molecule has 2 aromatic carbocycles. The molecule has 1 amide bonds. The van der Waals surface area contributed by atoms with Crippen LogP contribution >= 0.6 is 0 Å². The lowest BCUT2D eigenvalue weighted by molar-refractivity contribution is -0.123. The van der Waals surface area contributed by atoms with Crippen molar-refractivity contribution >= 4 is 23.3 Å². The van der Waals surface area contributed by atoms with E-state index in [-0.39, 0.29) is 51.5 Å². The van der Waals surface area contributed by atoms with E-state index in [4.69, 9.17) is 4.74 Å². The fourth-order valence-corrected chi connectivity index (χ4v) is 5.73. The van der Waals surface area contributed by atoms with Crippen LogP contribution in [0.4, 0.5) is 0 Å². The second kappa shape index (κ2) is 9.41. The number of benzene rings is 2. The third kappa shape index (κ3) is 4.00. The first kappa shape index (κ1) is 26.2. The number of nitrogens with one attached hydrogen (secondary N) is 1. The number of aromatic hydroxyl groups is 2. The van der Waals surface area contributed by atoms with Crippen molar-refractivity contribution in [2.45, 2.75) is 52.0 Å². The first-order valence-corrected chi connectivity index (χ1v) is 12.9. The minimum atomic E-state index is -1.56. The number of carbonyl (C=O) groups is 4. The van der Waals surface area contributed by atoms with Gasteiger partial charge in [-0.05, 0) is 52.7 Å². The van der Waals surface area contributed by atoms with Crippen LogP contribution in [0.3, 0.4) is 0 Å². The molecule has 1 saturated heterocycles. The number of phenolic OH excluding ortho intramolecular Hbond substituents is 2. The lowest BCUT2D eigenvalue weighted by Crippen LogP contribution is -2.46. The van der Waals surface area contributed by atoms with Gasteiger partial charge in [-0.2, -0.15) is 0 Å². The van der Waals surface area contributed by atoms with Gasteiger partial charge in [-0.1, -0.05) is 18.2 Å². The molecule has 2 aromatic rings. The number of piperidine rings is 1. The van der Waals surface area contributed by atoms with Gasteiger partial charge in [0.25, 0.3) is 5.91 Å². The first-order chi connectivity index (χ1) is 18.5. The van der Waals surface area contributed by atoms with Gasteiger partial charge in [-0.3, -0.25) is 19.2 Å². The van der Waals surface area contributed by atoms with Crippen molar-refractivity contribution in [3.8, 4) is 17.2 Å². The average molecular weight is 531 g/mol. The Morgan fingerprint density at radius 3 is 2.31 bits per heavy atom. The number of allylic oxidation sites excluding steroid dienone is 4. The van der Waals surface area contributed by atoms with Gasteiger partial charge in [-0.15, -0.1) is 0 Å². The van der Waals surface area contributed by atoms with E-state index in [0.29, 0.717) is 37.2 Å². The number of likely N-dealkylation sites (tertiary alicyclic amines) is 1. The molecule has 0 spiro atoms. The van der Waals surface area contributed by atoms with Crippen LogP contribution in [0, 0.1) is 6.92 Å². The van der Waals surface area contributed by atoms with Crippen LogP contribution < -0.4 is 10.1 Å². The van der Waals surface area contributed by atoms with Crippen molar-refractivity contribution in [2.24, 2.45) is 0 Å². The maximum Gasteiger partial charge on any atom is 0.253 e. The van der Waals surface area contributed by atoms with Crippen molar-refractivity contribution in [3.63, 3.8) is 0 Å². The van der Waals surface area contributed by atoms with E-state index in [1.165, 1.54) is 19.9 Å². The smallest absolute Gasteiger partial charge is 0.253 e. The molecule has 39 heavy (non-hydrogen) atoms. The van der Waals surface area contributed by atoms with E-state index in [1.807, 2.05) is 18.2 Å². The van der Waals surface area contributed by atoms with Crippen molar-refractivity contribution in [3.05, 3.63) is 75.7 Å². The van der Waals surface area contributed by atoms with Crippen molar-refractivity contribution < 1.29 is 34.1 Å². The Labute approximate surface area is 225 Å². The third-order valence-electron chi connectivity index (χ3n) is 7.98. The molecule has 1 aliphatic carbocycles. The predicted molar refractivity (Wildman–Crippen MR) is 142 cm³/mol. The van der Waals surface area contributed by atoms with E-state index < -0.39 is 28.5 Å². The topological polar surface area (TPSA) is 133 Å². The first-order valence-electron chi connectivity index (χ1n) is 12.9. The quantitative estimate of drug-likeness (QED) is 0.311. The summed E-state index contributed by atoms with van der Waals surface area (Å²) in [6.45, 7) is 6.96. The molecule has 2 aliphatic heterocycles. The highest BCUT2D eigenvalue weighted by molar-refractivity contribution is 6.31. The highest BCUT2D eigenvalue weighted by Gasteiger charge is 2.56. The summed E-state index contributed by atoms with van der Waals surface area (Å²) in [5.74, 6) is -2.54. The van der Waals surface area contributed by atoms with Gasteiger partial charge in [-0.25, -0.2) is 0 Å². The van der Waals surface area contributed by atoms with E-state index >= 15 is 0 Å². The molecule has 1 atom stereocenters. The minimum absolute atomic E-state index is 0.000387. The molecular formula is C30H30N2O7. The summed E-state index contributed by atoms with van der Waals surface area (Å²) in [6, 6.07) is 9.03. The predicted octanol–water partition coefficient (Wildman–Crippen LogP) is 3.46. The number of nitrogens with zero attached hydrogens (tertiary/aromatic N) is 1. The van der Waals surface area contributed by atoms with Crippen LogP contribution in [0.2, 0.25) is 0 Å². The number of ketones is 3. The summed E-state index contributed by atoms with van der Waals surface area (Å²) < 4.78 is 5.81. The molecule has 3 aliphatic rings. The number of carbonyl (C=O) groups excluding carboxylic acids is 4. The third-order valence-corrected chi connectivity index (χ3v) is 7.98. The van der Waals surface area contributed by atoms with Crippen LogP contribution in [0.15, 0.2) is 53.4 Å². The van der Waals surface area contributed by atoms with E-state index in [9.17, 15) is 29.4 Å². The van der Waals surface area contributed by atoms with E-state index in [0.717, 1.165) is 0 Å². The van der Waals surface area contributed by atoms with E-state index in [2.05, 4.69) is 5.32 Å². The van der Waals surface area contributed by atoms with Crippen molar-refractivity contribution in [1.29, 1.82) is 0 Å². The van der Waals surface area contributed by atoms with Gasteiger partial charge in [0.15, 0.2) is 17.3 Å². The highest BCUT2D eigenvalue weighted by atomic mass is 16.5. The van der Waals surface area contributed by atoms with Crippen molar-refractivity contribution in [1.82, 2.24) is 10.2 Å². The lowest BCUT2D eigenvalue weighted by atomic mass is 9.70. The molecule has 0 saturated carbocycles. The van der Waals surface area contributed by atoms with Crippen molar-refractivity contribution in [2.75, 3.05) is 13.1 Å². The number of ether oxygens (including phenoxy) is 1. The minimum Gasteiger partial charge on any atom is -0.507 e. The van der Waals surface area contributed by atoms with Gasteiger partial charge < -0.3 is 25.2 Å². The van der Waals surface area contributed by atoms with Crippen LogP contribution in [0.1, 0.15) is 65.5 Å². The molecule has 5 rings (SSSR count). The Kier molecular flexibility index (Phi) is 6.33. The average Bonchev–Trinajstić information content (AvgIpc) is 3.20. The zero-order valence-electron chi connectivity index (χ0n) is 22.3. The van der Waals surface area contributed by atoms with Crippen LogP contribution in [-0.4, -0.2) is 57.5 Å². The largest absolute Gasteiger partial charge is 0.507 e. The zero-order valence-corrected chi connectivity index (χ0v) is 22.3. The molecule has 0 unspecified atom stereocenters. The summed E-state index contributed by atoms with van der Waals surface area (Å²) in [5, 5.41) is 24.8. The summed E-state index contributed by atoms with van der Waals surface area (Å²) in [5.41, 5.74) is -0.625. The number of fused-ring (bicyclic) bond motifs is 3. The second-order valence-corrected chi connectivity index (χ2v) is 10.5. The monoisotopic (exact) mass is 530 g/mol. The second-order valence-electron chi connectivity index (χ2n) is 10.5. The zero-order chi connectivity index (χ0) is 28.2. The molecular weight excluding hydrogens is 500 g/mol. The Morgan fingerprint density at radius 1 is 1.05 bits per heavy atom. The number of hydrogen-bond donors (Lipinski definition) is 3. The van der Waals surface area contributed by atoms with Gasteiger partial charge in [0, 0.05) is 42.0 Å². The number of Topliss-reactive ketones (excluding diaryl/α,β-unsaturated/α-hetero) is 2. The van der Waals surface area contributed by atoms with Gasteiger partial charge in [0.05, 0.1) is 11.1 Å². The fraction of sp³-hybridized carbons (Fsp3) is 0.333. The summed E-state index contributed by atoms with van der Waals surface area (Å²) in [7, 11) is 0. The molecule has 1 fully saturated rings. The van der Waals surface area contributed by atoms with Crippen LogP contribution in [-0.2, 0) is 15.0 Å². The van der Waals surface area contributed by atoms with Gasteiger partial charge in [0.2, 0.25) is 0 Å². The molecule has 0 aromatic heterocycles. The van der Waals surface area contributed by atoms with E-state index in [1.54, 1.807) is 30.9 Å².